The molecule has 1 amide bonds. The summed E-state index contributed by atoms with van der Waals surface area (Å²) >= 11 is 0. The Morgan fingerprint density at radius 2 is 2.07 bits per heavy atom. The molecule has 0 unspecified atom stereocenters. The Kier molecular flexibility index (Phi) is 3.93. The molecular weight excluding hydrogens is 176 g/mol. The summed E-state index contributed by atoms with van der Waals surface area (Å²) < 4.78 is 0. The molecule has 3 nitrogen and oxygen atoms in total. The average molecular weight is 198 g/mol. The Morgan fingerprint density at radius 1 is 1.43 bits per heavy atom. The second kappa shape index (κ2) is 4.78. The molecule has 82 valence electrons. The molecule has 3 heteroatoms. The third-order valence-electron chi connectivity index (χ3n) is 2.81. The third-order valence-corrected chi connectivity index (χ3v) is 2.81. The molecule has 0 bridgehead atoms. The smallest absolute Gasteiger partial charge is 0.221 e. The Bertz CT molecular complexity index is 197. The van der Waals surface area contributed by atoms with E-state index >= 15 is 0 Å². The molecular formula is C11H22N2O. The average Bonchev–Trinajstić information content (AvgIpc) is 1.99. The van der Waals surface area contributed by atoms with Gasteiger partial charge in [-0.2, -0.15) is 0 Å². The summed E-state index contributed by atoms with van der Waals surface area (Å²) in [6, 6.07) is 0.252. The maximum atomic E-state index is 11.3. The van der Waals surface area contributed by atoms with Crippen LogP contribution in [0.25, 0.3) is 0 Å². The maximum absolute atomic E-state index is 11.3. The molecule has 0 spiro atoms. The molecule has 14 heavy (non-hydrogen) atoms. The van der Waals surface area contributed by atoms with Crippen LogP contribution >= 0.6 is 0 Å². The number of nitrogens with one attached hydrogen (secondary N) is 2. The van der Waals surface area contributed by atoms with Crippen LogP contribution in [-0.2, 0) is 4.79 Å². The van der Waals surface area contributed by atoms with Gasteiger partial charge in [-0.25, -0.2) is 0 Å². The lowest BCUT2D eigenvalue weighted by molar-refractivity contribution is -0.121. The van der Waals surface area contributed by atoms with Crippen molar-refractivity contribution in [2.75, 3.05) is 6.54 Å². The van der Waals surface area contributed by atoms with E-state index in [0.717, 1.165) is 6.54 Å². The van der Waals surface area contributed by atoms with Crippen LogP contribution < -0.4 is 10.6 Å². The predicted molar refractivity (Wildman–Crippen MR) is 58.2 cm³/mol. The van der Waals surface area contributed by atoms with Crippen LogP contribution in [0.1, 0.15) is 46.5 Å². The first kappa shape index (κ1) is 11.5. The van der Waals surface area contributed by atoms with Crippen LogP contribution in [0.2, 0.25) is 0 Å². The molecule has 1 fully saturated rings. The zero-order valence-electron chi connectivity index (χ0n) is 9.52. The van der Waals surface area contributed by atoms with Crippen molar-refractivity contribution in [3.63, 3.8) is 0 Å². The number of hydrogen-bond donors (Lipinski definition) is 2. The molecule has 2 N–H and O–H groups in total. The fraction of sp³-hybridized carbons (Fsp3) is 0.909. The van der Waals surface area contributed by atoms with E-state index in [1.54, 1.807) is 0 Å². The van der Waals surface area contributed by atoms with E-state index in [2.05, 4.69) is 17.6 Å². The van der Waals surface area contributed by atoms with Gasteiger partial charge in [-0.3, -0.25) is 4.79 Å². The summed E-state index contributed by atoms with van der Waals surface area (Å²) in [5.41, 5.74) is 0.318. The highest BCUT2D eigenvalue weighted by atomic mass is 16.1. The molecule has 0 aromatic rings. The van der Waals surface area contributed by atoms with Crippen LogP contribution in [0.15, 0.2) is 0 Å². The van der Waals surface area contributed by atoms with Gasteiger partial charge in [-0.05, 0) is 40.0 Å². The molecule has 0 aliphatic heterocycles. The second-order valence-corrected chi connectivity index (χ2v) is 4.81. The van der Waals surface area contributed by atoms with Gasteiger partial charge >= 0.3 is 0 Å². The highest BCUT2D eigenvalue weighted by Gasteiger charge is 2.30. The minimum atomic E-state index is 0.149. The number of carbonyl (C=O) groups excluding carboxylic acids is 1. The Labute approximate surface area is 86.6 Å². The standard InChI is InChI=1S/C11H22N2O/c1-9(2)13-10(14)5-8-12-11(3)6-4-7-11/h9,12H,4-8H2,1-3H3,(H,13,14). The number of rotatable bonds is 5. The van der Waals surface area contributed by atoms with Gasteiger partial charge in [-0.15, -0.1) is 0 Å². The topological polar surface area (TPSA) is 41.1 Å². The van der Waals surface area contributed by atoms with Crippen LogP contribution in [-0.4, -0.2) is 24.0 Å². The molecule has 1 aliphatic rings. The van der Waals surface area contributed by atoms with Crippen LogP contribution in [0, 0.1) is 0 Å². The lowest BCUT2D eigenvalue weighted by Gasteiger charge is -2.39. The van der Waals surface area contributed by atoms with Crippen LogP contribution in [0.3, 0.4) is 0 Å². The summed E-state index contributed by atoms with van der Waals surface area (Å²) in [5, 5.41) is 6.32. The summed E-state index contributed by atoms with van der Waals surface area (Å²) in [6.07, 6.45) is 4.41. The normalized spacial score (nSPS) is 19.1. The van der Waals surface area contributed by atoms with E-state index in [1.165, 1.54) is 19.3 Å². The van der Waals surface area contributed by atoms with Gasteiger partial charge in [-0.1, -0.05) is 0 Å². The van der Waals surface area contributed by atoms with Crippen molar-refractivity contribution in [2.45, 2.75) is 58.0 Å². The molecule has 0 radical (unpaired) electrons. The van der Waals surface area contributed by atoms with Gasteiger partial charge in [0.15, 0.2) is 0 Å². The first-order valence-electron chi connectivity index (χ1n) is 5.56. The van der Waals surface area contributed by atoms with Gasteiger partial charge < -0.3 is 10.6 Å². The molecule has 0 heterocycles. The van der Waals surface area contributed by atoms with E-state index < -0.39 is 0 Å². The van der Waals surface area contributed by atoms with Crippen molar-refractivity contribution < 1.29 is 4.79 Å². The molecule has 1 rings (SSSR count). The summed E-state index contributed by atoms with van der Waals surface area (Å²) in [5.74, 6) is 0.149. The van der Waals surface area contributed by atoms with Crippen molar-refractivity contribution in [3.8, 4) is 0 Å². The summed E-state index contributed by atoms with van der Waals surface area (Å²) in [4.78, 5) is 11.3. The molecule has 1 aliphatic carbocycles. The van der Waals surface area contributed by atoms with Gasteiger partial charge in [0.1, 0.15) is 0 Å². The lowest BCUT2D eigenvalue weighted by atomic mass is 9.78. The van der Waals surface area contributed by atoms with Crippen molar-refractivity contribution in [1.82, 2.24) is 10.6 Å². The zero-order chi connectivity index (χ0) is 10.6. The number of amides is 1. The van der Waals surface area contributed by atoms with Gasteiger partial charge in [0.05, 0.1) is 0 Å². The minimum Gasteiger partial charge on any atom is -0.354 e. The fourth-order valence-electron chi connectivity index (χ4n) is 1.76. The third kappa shape index (κ3) is 3.66. The van der Waals surface area contributed by atoms with Crippen LogP contribution in [0.4, 0.5) is 0 Å². The van der Waals surface area contributed by atoms with E-state index in [4.69, 9.17) is 0 Å². The maximum Gasteiger partial charge on any atom is 0.221 e. The Morgan fingerprint density at radius 3 is 2.50 bits per heavy atom. The fourth-order valence-corrected chi connectivity index (χ4v) is 1.76. The van der Waals surface area contributed by atoms with Crippen molar-refractivity contribution >= 4 is 5.91 Å². The van der Waals surface area contributed by atoms with E-state index in [9.17, 15) is 4.79 Å². The van der Waals surface area contributed by atoms with Crippen LogP contribution in [0.5, 0.6) is 0 Å². The quantitative estimate of drug-likeness (QED) is 0.701. The van der Waals surface area contributed by atoms with Gasteiger partial charge in [0, 0.05) is 24.5 Å². The molecule has 0 saturated heterocycles. The molecule has 1 saturated carbocycles. The first-order valence-corrected chi connectivity index (χ1v) is 5.56. The lowest BCUT2D eigenvalue weighted by Crippen LogP contribution is -2.49. The second-order valence-electron chi connectivity index (χ2n) is 4.81. The predicted octanol–water partition coefficient (Wildman–Crippen LogP) is 1.43. The zero-order valence-corrected chi connectivity index (χ0v) is 9.52. The summed E-state index contributed by atoms with van der Waals surface area (Å²) in [7, 11) is 0. The highest BCUT2D eigenvalue weighted by Crippen LogP contribution is 2.30. The summed E-state index contributed by atoms with van der Waals surface area (Å²) in [6.45, 7) is 7.00. The number of carbonyl (C=O) groups is 1. The Balaban J connectivity index is 2.06. The van der Waals surface area contributed by atoms with Crippen molar-refractivity contribution in [1.29, 1.82) is 0 Å². The molecule has 0 aromatic heterocycles. The monoisotopic (exact) mass is 198 g/mol. The molecule has 0 aromatic carbocycles. The highest BCUT2D eigenvalue weighted by molar-refractivity contribution is 5.76. The van der Waals surface area contributed by atoms with Gasteiger partial charge in [0.25, 0.3) is 0 Å². The number of hydrogen-bond acceptors (Lipinski definition) is 2. The van der Waals surface area contributed by atoms with E-state index in [0.29, 0.717) is 12.0 Å². The first-order chi connectivity index (χ1) is 6.52. The van der Waals surface area contributed by atoms with Crippen molar-refractivity contribution in [3.05, 3.63) is 0 Å². The molecule has 0 atom stereocenters. The minimum absolute atomic E-state index is 0.149. The Hall–Kier alpha value is -0.570. The van der Waals surface area contributed by atoms with Crippen molar-refractivity contribution in [2.24, 2.45) is 0 Å². The van der Waals surface area contributed by atoms with E-state index in [-0.39, 0.29) is 11.9 Å². The largest absolute Gasteiger partial charge is 0.354 e. The van der Waals surface area contributed by atoms with Gasteiger partial charge in [0.2, 0.25) is 5.91 Å². The SMILES string of the molecule is CC(C)NC(=O)CCNC1(C)CCC1. The van der Waals surface area contributed by atoms with E-state index in [1.807, 2.05) is 13.8 Å².